The molecule has 6 nitrogen and oxygen atoms in total. The molecule has 22 heavy (non-hydrogen) atoms. The number of aromatic nitrogens is 3. The van der Waals surface area contributed by atoms with E-state index in [0.29, 0.717) is 17.2 Å². The Morgan fingerprint density at radius 2 is 2.32 bits per heavy atom. The number of imidazole rings is 1. The normalized spacial score (nSPS) is 11.0. The summed E-state index contributed by atoms with van der Waals surface area (Å²) in [6.07, 6.45) is 2.68. The molecular formula is C15H17N5OS. The number of carbonyl (C=O) groups excluding carboxylic acids is 1. The molecule has 3 aromatic rings. The number of hydrogen-bond donors (Lipinski definition) is 2. The van der Waals surface area contributed by atoms with Gasteiger partial charge in [0.25, 0.3) is 5.91 Å². The maximum absolute atomic E-state index is 12.3. The molecule has 3 N–H and O–H groups in total. The Hall–Kier alpha value is -2.25. The Balaban J connectivity index is 1.81. The zero-order valence-electron chi connectivity index (χ0n) is 12.2. The van der Waals surface area contributed by atoms with Crippen molar-refractivity contribution in [3.05, 3.63) is 41.2 Å². The van der Waals surface area contributed by atoms with Crippen LogP contribution in [0.4, 0.5) is 5.13 Å². The molecule has 0 saturated carbocycles. The average Bonchev–Trinajstić information content (AvgIpc) is 3.10. The van der Waals surface area contributed by atoms with Gasteiger partial charge in [0.15, 0.2) is 5.13 Å². The van der Waals surface area contributed by atoms with Crippen molar-refractivity contribution in [3.8, 4) is 0 Å². The molecular weight excluding hydrogens is 298 g/mol. The molecule has 0 radical (unpaired) electrons. The molecule has 0 unspecified atom stereocenters. The van der Waals surface area contributed by atoms with Crippen LogP contribution in [0.2, 0.25) is 0 Å². The molecule has 1 amide bonds. The number of rotatable bonds is 5. The molecule has 0 atom stereocenters. The van der Waals surface area contributed by atoms with E-state index in [2.05, 4.69) is 15.3 Å². The number of thiazole rings is 1. The van der Waals surface area contributed by atoms with Crippen LogP contribution < -0.4 is 11.1 Å². The van der Waals surface area contributed by atoms with E-state index in [1.165, 1.54) is 11.3 Å². The average molecular weight is 315 g/mol. The molecule has 1 aromatic carbocycles. The second-order valence-corrected chi connectivity index (χ2v) is 5.89. The number of nitrogens with zero attached hydrogens (tertiary/aromatic N) is 3. The topological polar surface area (TPSA) is 85.8 Å². The van der Waals surface area contributed by atoms with Gasteiger partial charge >= 0.3 is 0 Å². The van der Waals surface area contributed by atoms with E-state index >= 15 is 0 Å². The second kappa shape index (κ2) is 6.25. The van der Waals surface area contributed by atoms with E-state index < -0.39 is 0 Å². The molecule has 3 rings (SSSR count). The van der Waals surface area contributed by atoms with E-state index in [1.54, 1.807) is 18.5 Å². The molecule has 0 fully saturated rings. The number of nitrogens with one attached hydrogen (secondary N) is 1. The molecule has 0 aliphatic rings. The van der Waals surface area contributed by atoms with Crippen LogP contribution in [0.25, 0.3) is 11.0 Å². The van der Waals surface area contributed by atoms with Crippen LogP contribution in [0, 0.1) is 6.92 Å². The molecule has 0 aliphatic heterocycles. The van der Waals surface area contributed by atoms with E-state index in [1.807, 2.05) is 22.9 Å². The summed E-state index contributed by atoms with van der Waals surface area (Å²) in [6, 6.07) is 5.52. The van der Waals surface area contributed by atoms with Gasteiger partial charge in [0.05, 0.1) is 23.1 Å². The summed E-state index contributed by atoms with van der Waals surface area (Å²) >= 11 is 1.41. The fraction of sp³-hybridized carbons (Fsp3) is 0.267. The summed E-state index contributed by atoms with van der Waals surface area (Å²) in [6.45, 7) is 3.37. The molecule has 0 saturated heterocycles. The van der Waals surface area contributed by atoms with Gasteiger partial charge in [-0.05, 0) is 38.1 Å². The number of anilines is 1. The lowest BCUT2D eigenvalue weighted by Gasteiger charge is -2.04. The lowest BCUT2D eigenvalue weighted by molar-refractivity contribution is 0.102. The summed E-state index contributed by atoms with van der Waals surface area (Å²) < 4.78 is 2.05. The highest BCUT2D eigenvalue weighted by atomic mass is 32.1. The summed E-state index contributed by atoms with van der Waals surface area (Å²) in [5.74, 6) is -0.173. The summed E-state index contributed by atoms with van der Waals surface area (Å²) in [5.41, 5.74) is 8.82. The minimum atomic E-state index is -0.173. The predicted octanol–water partition coefficient (Wildman–Crippen LogP) is 2.40. The highest BCUT2D eigenvalue weighted by Gasteiger charge is 2.11. The Labute approximate surface area is 132 Å². The fourth-order valence-corrected chi connectivity index (χ4v) is 2.91. The molecule has 0 aliphatic carbocycles. The summed E-state index contributed by atoms with van der Waals surface area (Å²) in [4.78, 5) is 20.8. The lowest BCUT2D eigenvalue weighted by atomic mass is 10.2. The van der Waals surface area contributed by atoms with Gasteiger partial charge in [-0.15, -0.1) is 11.3 Å². The maximum Gasteiger partial charge on any atom is 0.257 e. The Morgan fingerprint density at radius 3 is 3.05 bits per heavy atom. The van der Waals surface area contributed by atoms with Crippen LogP contribution >= 0.6 is 11.3 Å². The van der Waals surface area contributed by atoms with Crippen molar-refractivity contribution in [2.45, 2.75) is 19.9 Å². The van der Waals surface area contributed by atoms with E-state index in [0.717, 1.165) is 29.7 Å². The number of hydrogen-bond acceptors (Lipinski definition) is 5. The van der Waals surface area contributed by atoms with Crippen molar-refractivity contribution >= 4 is 33.4 Å². The second-order valence-electron chi connectivity index (χ2n) is 5.03. The van der Waals surface area contributed by atoms with Crippen molar-refractivity contribution in [2.24, 2.45) is 5.73 Å². The molecule has 0 spiro atoms. The van der Waals surface area contributed by atoms with Crippen LogP contribution in [0.5, 0.6) is 0 Å². The summed E-state index contributed by atoms with van der Waals surface area (Å²) in [7, 11) is 0. The van der Waals surface area contributed by atoms with Gasteiger partial charge in [-0.3, -0.25) is 10.1 Å². The standard InChI is InChI=1S/C15H17N5OS/c1-10-8-22-15(18-10)19-14(21)11-3-4-13-12(7-11)17-9-20(13)6-2-5-16/h3-4,7-9H,2,5-6,16H2,1H3,(H,18,19,21). The minimum absolute atomic E-state index is 0.173. The third kappa shape index (κ3) is 3.00. The fourth-order valence-electron chi connectivity index (χ4n) is 2.23. The van der Waals surface area contributed by atoms with Crippen LogP contribution in [-0.2, 0) is 6.54 Å². The number of nitrogens with two attached hydrogens (primary N) is 1. The van der Waals surface area contributed by atoms with Crippen LogP contribution in [-0.4, -0.2) is 27.0 Å². The first-order chi connectivity index (χ1) is 10.7. The summed E-state index contributed by atoms with van der Waals surface area (Å²) in [5, 5.41) is 5.31. The van der Waals surface area contributed by atoms with Gasteiger partial charge in [-0.25, -0.2) is 9.97 Å². The van der Waals surface area contributed by atoms with Gasteiger partial charge in [0.2, 0.25) is 0 Å². The predicted molar refractivity (Wildman–Crippen MR) is 88.2 cm³/mol. The van der Waals surface area contributed by atoms with Crippen LogP contribution in [0.3, 0.4) is 0 Å². The van der Waals surface area contributed by atoms with E-state index in [4.69, 9.17) is 5.73 Å². The lowest BCUT2D eigenvalue weighted by Crippen LogP contribution is -2.11. The molecule has 7 heteroatoms. The molecule has 114 valence electrons. The van der Waals surface area contributed by atoms with Gasteiger partial charge in [-0.2, -0.15) is 0 Å². The molecule has 2 heterocycles. The Morgan fingerprint density at radius 1 is 1.45 bits per heavy atom. The maximum atomic E-state index is 12.3. The van der Waals surface area contributed by atoms with Crippen molar-refractivity contribution in [1.29, 1.82) is 0 Å². The van der Waals surface area contributed by atoms with Crippen molar-refractivity contribution in [1.82, 2.24) is 14.5 Å². The van der Waals surface area contributed by atoms with Crippen molar-refractivity contribution in [3.63, 3.8) is 0 Å². The van der Waals surface area contributed by atoms with Crippen molar-refractivity contribution in [2.75, 3.05) is 11.9 Å². The largest absolute Gasteiger partial charge is 0.331 e. The Bertz CT molecular complexity index is 807. The smallest absolute Gasteiger partial charge is 0.257 e. The number of amides is 1. The first-order valence-electron chi connectivity index (χ1n) is 7.06. The molecule has 2 aromatic heterocycles. The first kappa shape index (κ1) is 14.7. The zero-order chi connectivity index (χ0) is 15.5. The van der Waals surface area contributed by atoms with Gasteiger partial charge in [0.1, 0.15) is 0 Å². The highest BCUT2D eigenvalue weighted by molar-refractivity contribution is 7.13. The monoisotopic (exact) mass is 315 g/mol. The van der Waals surface area contributed by atoms with Gasteiger partial charge in [-0.1, -0.05) is 0 Å². The number of benzene rings is 1. The van der Waals surface area contributed by atoms with E-state index in [9.17, 15) is 4.79 Å². The third-order valence-electron chi connectivity index (χ3n) is 3.33. The van der Waals surface area contributed by atoms with Gasteiger partial charge in [0, 0.05) is 17.5 Å². The number of aryl methyl sites for hydroxylation is 2. The number of fused-ring (bicyclic) bond motifs is 1. The molecule has 0 bridgehead atoms. The van der Waals surface area contributed by atoms with E-state index in [-0.39, 0.29) is 5.91 Å². The highest BCUT2D eigenvalue weighted by Crippen LogP contribution is 2.18. The quantitative estimate of drug-likeness (QED) is 0.757. The van der Waals surface area contributed by atoms with Crippen LogP contribution in [0.15, 0.2) is 29.9 Å². The SMILES string of the molecule is Cc1csc(NC(=O)c2ccc3c(c2)ncn3CCCN)n1. The third-order valence-corrected chi connectivity index (χ3v) is 4.20. The zero-order valence-corrected chi connectivity index (χ0v) is 13.1. The first-order valence-corrected chi connectivity index (χ1v) is 7.94. The van der Waals surface area contributed by atoms with Crippen molar-refractivity contribution < 1.29 is 4.79 Å². The van der Waals surface area contributed by atoms with Gasteiger partial charge < -0.3 is 10.3 Å². The van der Waals surface area contributed by atoms with Crippen LogP contribution in [0.1, 0.15) is 22.5 Å². The minimum Gasteiger partial charge on any atom is -0.331 e. The Kier molecular flexibility index (Phi) is 4.17. The number of carbonyl (C=O) groups is 1.